The van der Waals surface area contributed by atoms with Gasteiger partial charge in [-0.3, -0.25) is 4.79 Å². The van der Waals surface area contributed by atoms with Gasteiger partial charge in [0, 0.05) is 18.2 Å². The van der Waals surface area contributed by atoms with Crippen molar-refractivity contribution in [1.29, 1.82) is 0 Å². The Hall–Kier alpha value is -1.55. The molecule has 0 spiro atoms. The van der Waals surface area contributed by atoms with Gasteiger partial charge in [0.25, 0.3) is 0 Å². The molecule has 1 aromatic rings. The lowest BCUT2D eigenvalue weighted by Gasteiger charge is -2.17. The van der Waals surface area contributed by atoms with E-state index in [1.807, 2.05) is 19.1 Å². The maximum Gasteiger partial charge on any atom is 0.306 e. The van der Waals surface area contributed by atoms with Crippen molar-refractivity contribution in [1.82, 2.24) is 5.32 Å². The number of ether oxygens (including phenoxy) is 2. The lowest BCUT2D eigenvalue weighted by atomic mass is 10.0. The molecule has 4 nitrogen and oxygen atoms in total. The van der Waals surface area contributed by atoms with Crippen molar-refractivity contribution >= 4 is 5.97 Å². The zero-order valence-electron chi connectivity index (χ0n) is 11.4. The molecule has 1 atom stereocenters. The summed E-state index contributed by atoms with van der Waals surface area (Å²) in [6, 6.07) is 6.20. The van der Waals surface area contributed by atoms with E-state index >= 15 is 0 Å². The maximum absolute atomic E-state index is 11.0. The highest BCUT2D eigenvalue weighted by Gasteiger charge is 2.11. The minimum atomic E-state index is -0.203. The molecule has 1 rings (SSSR count). The van der Waals surface area contributed by atoms with Crippen LogP contribution in [0.5, 0.6) is 5.75 Å². The SMILES string of the molecule is COC(=O)CCNC(C)c1cc(C)ccc1OC. The van der Waals surface area contributed by atoms with Crippen molar-refractivity contribution < 1.29 is 14.3 Å². The van der Waals surface area contributed by atoms with Crippen molar-refractivity contribution in [3.8, 4) is 5.75 Å². The summed E-state index contributed by atoms with van der Waals surface area (Å²) in [6.07, 6.45) is 0.370. The number of benzene rings is 1. The normalized spacial score (nSPS) is 12.0. The summed E-state index contributed by atoms with van der Waals surface area (Å²) in [5.41, 5.74) is 2.29. The summed E-state index contributed by atoms with van der Waals surface area (Å²) < 4.78 is 9.94. The summed E-state index contributed by atoms with van der Waals surface area (Å²) in [6.45, 7) is 4.68. The fourth-order valence-corrected chi connectivity index (χ4v) is 1.79. The average Bonchev–Trinajstić information content (AvgIpc) is 2.38. The summed E-state index contributed by atoms with van der Waals surface area (Å²) >= 11 is 0. The highest BCUT2D eigenvalue weighted by atomic mass is 16.5. The molecule has 18 heavy (non-hydrogen) atoms. The Bertz CT molecular complexity index is 404. The largest absolute Gasteiger partial charge is 0.496 e. The molecular weight excluding hydrogens is 230 g/mol. The number of rotatable bonds is 6. The van der Waals surface area contributed by atoms with E-state index in [4.69, 9.17) is 4.74 Å². The second-order valence-corrected chi connectivity index (χ2v) is 4.25. The van der Waals surface area contributed by atoms with Crippen LogP contribution in [0.4, 0.5) is 0 Å². The van der Waals surface area contributed by atoms with Gasteiger partial charge < -0.3 is 14.8 Å². The fraction of sp³-hybridized carbons (Fsp3) is 0.500. The fourth-order valence-electron chi connectivity index (χ4n) is 1.79. The van der Waals surface area contributed by atoms with Gasteiger partial charge >= 0.3 is 5.97 Å². The lowest BCUT2D eigenvalue weighted by Crippen LogP contribution is -2.22. The molecule has 0 aliphatic heterocycles. The second-order valence-electron chi connectivity index (χ2n) is 4.25. The summed E-state index contributed by atoms with van der Waals surface area (Å²) in [4.78, 5) is 11.0. The molecule has 1 aromatic carbocycles. The Morgan fingerprint density at radius 2 is 2.11 bits per heavy atom. The zero-order valence-corrected chi connectivity index (χ0v) is 11.4. The van der Waals surface area contributed by atoms with E-state index in [2.05, 4.69) is 23.0 Å². The van der Waals surface area contributed by atoms with E-state index in [1.54, 1.807) is 7.11 Å². The van der Waals surface area contributed by atoms with Crippen LogP contribution in [0.1, 0.15) is 30.5 Å². The van der Waals surface area contributed by atoms with Crippen LogP contribution >= 0.6 is 0 Å². The smallest absolute Gasteiger partial charge is 0.306 e. The minimum absolute atomic E-state index is 0.129. The van der Waals surface area contributed by atoms with Crippen LogP contribution < -0.4 is 10.1 Å². The summed E-state index contributed by atoms with van der Waals surface area (Å²) in [7, 11) is 3.06. The molecule has 0 fully saturated rings. The molecule has 0 saturated carbocycles. The number of carbonyl (C=O) groups excluding carboxylic acids is 1. The Labute approximate surface area is 108 Å². The quantitative estimate of drug-likeness (QED) is 0.787. The molecule has 100 valence electrons. The van der Waals surface area contributed by atoms with Gasteiger partial charge in [-0.25, -0.2) is 0 Å². The third-order valence-electron chi connectivity index (χ3n) is 2.86. The molecule has 0 aromatic heterocycles. The Morgan fingerprint density at radius 1 is 1.39 bits per heavy atom. The number of carbonyl (C=O) groups is 1. The Kier molecular flexibility index (Phi) is 5.65. The molecule has 1 unspecified atom stereocenters. The van der Waals surface area contributed by atoms with Gasteiger partial charge in [0.1, 0.15) is 5.75 Å². The van der Waals surface area contributed by atoms with E-state index in [1.165, 1.54) is 12.7 Å². The van der Waals surface area contributed by atoms with Crippen LogP contribution in [-0.4, -0.2) is 26.7 Å². The third kappa shape index (κ3) is 4.04. The van der Waals surface area contributed by atoms with E-state index in [0.717, 1.165) is 11.3 Å². The standard InChI is InChI=1S/C14H21NO3/c1-10-5-6-13(17-3)12(9-10)11(2)15-8-7-14(16)18-4/h5-6,9,11,15H,7-8H2,1-4H3. The van der Waals surface area contributed by atoms with Gasteiger partial charge in [-0.1, -0.05) is 17.7 Å². The van der Waals surface area contributed by atoms with Gasteiger partial charge in [0.2, 0.25) is 0 Å². The highest BCUT2D eigenvalue weighted by Crippen LogP contribution is 2.25. The number of esters is 1. The van der Waals surface area contributed by atoms with E-state index in [9.17, 15) is 4.79 Å². The van der Waals surface area contributed by atoms with Gasteiger partial charge in [-0.2, -0.15) is 0 Å². The zero-order chi connectivity index (χ0) is 13.5. The molecule has 0 aliphatic carbocycles. The predicted molar refractivity (Wildman–Crippen MR) is 70.8 cm³/mol. The molecular formula is C14H21NO3. The van der Waals surface area contributed by atoms with Crippen molar-refractivity contribution in [2.45, 2.75) is 26.3 Å². The molecule has 1 N–H and O–H groups in total. The molecule has 0 aliphatic rings. The number of hydrogen-bond donors (Lipinski definition) is 1. The minimum Gasteiger partial charge on any atom is -0.496 e. The highest BCUT2D eigenvalue weighted by molar-refractivity contribution is 5.69. The van der Waals surface area contributed by atoms with Crippen LogP contribution in [0.2, 0.25) is 0 Å². The maximum atomic E-state index is 11.0. The van der Waals surface area contributed by atoms with Crippen molar-refractivity contribution in [2.24, 2.45) is 0 Å². The van der Waals surface area contributed by atoms with Gasteiger partial charge in [-0.15, -0.1) is 0 Å². The van der Waals surface area contributed by atoms with Crippen LogP contribution in [-0.2, 0) is 9.53 Å². The van der Waals surface area contributed by atoms with E-state index in [-0.39, 0.29) is 12.0 Å². The topological polar surface area (TPSA) is 47.6 Å². The Morgan fingerprint density at radius 3 is 2.72 bits per heavy atom. The number of aryl methyl sites for hydroxylation is 1. The van der Waals surface area contributed by atoms with Crippen LogP contribution in [0.15, 0.2) is 18.2 Å². The first-order valence-corrected chi connectivity index (χ1v) is 6.03. The summed E-state index contributed by atoms with van der Waals surface area (Å²) in [5, 5.41) is 3.29. The summed E-state index contributed by atoms with van der Waals surface area (Å²) in [5.74, 6) is 0.657. The Balaban J connectivity index is 2.62. The first kappa shape index (κ1) is 14.5. The molecule has 0 saturated heterocycles. The van der Waals surface area contributed by atoms with Gasteiger partial charge in [0.05, 0.1) is 20.6 Å². The van der Waals surface area contributed by atoms with Crippen LogP contribution in [0.25, 0.3) is 0 Å². The molecule has 4 heteroatoms. The third-order valence-corrected chi connectivity index (χ3v) is 2.86. The van der Waals surface area contributed by atoms with Gasteiger partial charge in [0.15, 0.2) is 0 Å². The van der Waals surface area contributed by atoms with Crippen molar-refractivity contribution in [2.75, 3.05) is 20.8 Å². The van der Waals surface area contributed by atoms with Crippen molar-refractivity contribution in [3.05, 3.63) is 29.3 Å². The first-order valence-electron chi connectivity index (χ1n) is 6.03. The predicted octanol–water partition coefficient (Wildman–Crippen LogP) is 2.22. The molecule has 0 amide bonds. The van der Waals surface area contributed by atoms with Gasteiger partial charge in [-0.05, 0) is 19.9 Å². The monoisotopic (exact) mass is 251 g/mol. The van der Waals surface area contributed by atoms with Crippen molar-refractivity contribution in [3.63, 3.8) is 0 Å². The van der Waals surface area contributed by atoms with E-state index in [0.29, 0.717) is 13.0 Å². The average molecular weight is 251 g/mol. The van der Waals surface area contributed by atoms with Crippen LogP contribution in [0, 0.1) is 6.92 Å². The first-order chi connectivity index (χ1) is 8.58. The number of nitrogens with one attached hydrogen (secondary N) is 1. The molecule has 0 bridgehead atoms. The lowest BCUT2D eigenvalue weighted by molar-refractivity contribution is -0.140. The molecule has 0 heterocycles. The second kappa shape index (κ2) is 7.01. The molecule has 0 radical (unpaired) electrons. The number of methoxy groups -OCH3 is 2. The van der Waals surface area contributed by atoms with Crippen LogP contribution in [0.3, 0.4) is 0 Å². The number of hydrogen-bond acceptors (Lipinski definition) is 4. The van der Waals surface area contributed by atoms with E-state index < -0.39 is 0 Å².